The van der Waals surface area contributed by atoms with Gasteiger partial charge in [-0.15, -0.1) is 0 Å². The van der Waals surface area contributed by atoms with E-state index in [4.69, 9.17) is 9.72 Å². The number of anilines is 1. The molecule has 1 unspecified atom stereocenters. The van der Waals surface area contributed by atoms with Gasteiger partial charge in [-0.05, 0) is 76.8 Å². The molecule has 40 heavy (non-hydrogen) atoms. The van der Waals surface area contributed by atoms with Crippen molar-refractivity contribution in [1.82, 2.24) is 19.9 Å². The molecule has 3 aromatic rings. The second-order valence-electron chi connectivity index (χ2n) is 11.8. The molecule has 2 N–H and O–H groups in total. The smallest absolute Gasteiger partial charge is 0.337 e. The number of carbonyl (C=O) groups excluding carboxylic acids is 1. The number of fused-ring (bicyclic) bond motifs is 7. The number of amides is 1. The van der Waals surface area contributed by atoms with Crippen molar-refractivity contribution in [2.24, 2.45) is 5.92 Å². The maximum atomic E-state index is 13.3. The lowest BCUT2D eigenvalue weighted by molar-refractivity contribution is -0.160. The number of hydrogen-bond acceptors (Lipinski definition) is 6. The first-order chi connectivity index (χ1) is 19.1. The molecule has 0 radical (unpaired) electrons. The first-order valence-electron chi connectivity index (χ1n) is 14.2. The summed E-state index contributed by atoms with van der Waals surface area (Å²) in [7, 11) is 0. The number of piperidine rings is 1. The monoisotopic (exact) mass is 545 g/mol. The van der Waals surface area contributed by atoms with Gasteiger partial charge in [-0.2, -0.15) is 9.61 Å². The second-order valence-corrected chi connectivity index (χ2v) is 11.8. The van der Waals surface area contributed by atoms with Gasteiger partial charge in [0.25, 0.3) is 5.91 Å². The van der Waals surface area contributed by atoms with E-state index < -0.39 is 17.7 Å². The number of rotatable bonds is 3. The van der Waals surface area contributed by atoms with Crippen LogP contribution in [0.5, 0.6) is 0 Å². The van der Waals surface area contributed by atoms with E-state index in [0.29, 0.717) is 35.2 Å². The van der Waals surface area contributed by atoms with E-state index in [1.807, 2.05) is 39.0 Å². The van der Waals surface area contributed by atoms with Gasteiger partial charge in [0.15, 0.2) is 17.4 Å². The first kappa shape index (κ1) is 27.8. The Labute approximate surface area is 235 Å². The molecule has 212 valence electrons. The molecule has 9 heteroatoms. The van der Waals surface area contributed by atoms with E-state index >= 15 is 0 Å². The lowest BCUT2D eigenvalue weighted by Crippen LogP contribution is -2.37. The fourth-order valence-corrected chi connectivity index (χ4v) is 5.69. The molecule has 1 aromatic carbocycles. The van der Waals surface area contributed by atoms with Gasteiger partial charge >= 0.3 is 5.97 Å². The van der Waals surface area contributed by atoms with Crippen LogP contribution in [-0.4, -0.2) is 50.3 Å². The third-order valence-corrected chi connectivity index (χ3v) is 7.68. The average molecular weight is 546 g/mol. The summed E-state index contributed by atoms with van der Waals surface area (Å²) in [5.74, 6) is -0.191. The quantitative estimate of drug-likeness (QED) is 0.445. The highest BCUT2D eigenvalue weighted by atomic mass is 16.5. The van der Waals surface area contributed by atoms with Crippen molar-refractivity contribution in [3.63, 3.8) is 0 Å². The Balaban J connectivity index is 1.62. The molecule has 4 bridgehead atoms. The zero-order valence-electron chi connectivity index (χ0n) is 23.8. The molecule has 0 spiro atoms. The van der Waals surface area contributed by atoms with Crippen LogP contribution in [0.1, 0.15) is 85.4 Å². The number of aliphatic carboxylic acids is 1. The Morgan fingerprint density at radius 3 is 2.58 bits per heavy atom. The summed E-state index contributed by atoms with van der Waals surface area (Å²) in [6.07, 6.45) is 8.18. The summed E-state index contributed by atoms with van der Waals surface area (Å²) in [5.41, 5.74) is 3.38. The van der Waals surface area contributed by atoms with E-state index in [-0.39, 0.29) is 11.6 Å². The van der Waals surface area contributed by atoms with Gasteiger partial charge in [0, 0.05) is 31.4 Å². The molecule has 6 rings (SSSR count). The molecule has 3 aliphatic rings. The summed E-state index contributed by atoms with van der Waals surface area (Å²) in [4.78, 5) is 32.8. The van der Waals surface area contributed by atoms with E-state index in [2.05, 4.69) is 33.5 Å². The molecule has 1 amide bonds. The van der Waals surface area contributed by atoms with Crippen LogP contribution in [0.2, 0.25) is 0 Å². The summed E-state index contributed by atoms with van der Waals surface area (Å²) in [6, 6.07) is 9.86. The number of aryl methyl sites for hydroxylation is 2. The number of aromatic nitrogens is 3. The fraction of sp³-hybridized carbons (Fsp3) is 0.484. The van der Waals surface area contributed by atoms with Gasteiger partial charge in [0.1, 0.15) is 5.82 Å². The third kappa shape index (κ3) is 6.04. The summed E-state index contributed by atoms with van der Waals surface area (Å²) in [5, 5.41) is 18.0. The predicted octanol–water partition coefficient (Wildman–Crippen LogP) is 5.02. The van der Waals surface area contributed by atoms with Crippen LogP contribution in [0, 0.1) is 12.8 Å². The minimum atomic E-state index is -1.23. The van der Waals surface area contributed by atoms with Crippen molar-refractivity contribution in [3.8, 4) is 0 Å². The number of nitrogens with zero attached hydrogens (tertiary/aromatic N) is 4. The largest absolute Gasteiger partial charge is 0.479 e. The van der Waals surface area contributed by atoms with Gasteiger partial charge in [-0.1, -0.05) is 36.4 Å². The minimum Gasteiger partial charge on any atom is -0.479 e. The topological polar surface area (TPSA) is 109 Å². The molecule has 0 saturated carbocycles. The standard InChI is InChI=1S/C31H39N5O4/c1-20-26(27(30(38)39)40-31(2,3)4)29-35-16-14-21(15-17-35)10-6-5-7-11-22-12-8-9-13-23(22)19-32-28(37)24-18-25(33-20)36(29)34-24/h5-6,8-9,12-13,18,21,27H,7,10-11,14-17,19H2,1-4H3,(H,32,37)(H,38,39). The van der Waals surface area contributed by atoms with Crippen molar-refractivity contribution >= 4 is 23.3 Å². The molecule has 9 nitrogen and oxygen atoms in total. The number of carbonyl (C=O) groups is 2. The molecule has 0 aliphatic carbocycles. The van der Waals surface area contributed by atoms with Crippen LogP contribution in [0.4, 0.5) is 5.82 Å². The number of carboxylic acids is 1. The molecule has 1 fully saturated rings. The first-order valence-corrected chi connectivity index (χ1v) is 14.2. The maximum Gasteiger partial charge on any atom is 0.337 e. The maximum absolute atomic E-state index is 13.3. The zero-order valence-corrected chi connectivity index (χ0v) is 23.8. The minimum absolute atomic E-state index is 0.241. The van der Waals surface area contributed by atoms with Crippen molar-refractivity contribution in [1.29, 1.82) is 0 Å². The number of benzene rings is 1. The number of ether oxygens (including phenoxy) is 1. The highest BCUT2D eigenvalue weighted by molar-refractivity contribution is 5.93. The van der Waals surface area contributed by atoms with E-state index in [1.54, 1.807) is 17.5 Å². The van der Waals surface area contributed by atoms with Crippen molar-refractivity contribution in [2.45, 2.75) is 78.0 Å². The Kier molecular flexibility index (Phi) is 7.94. The van der Waals surface area contributed by atoms with Crippen LogP contribution in [-0.2, 0) is 22.5 Å². The summed E-state index contributed by atoms with van der Waals surface area (Å²) in [6.45, 7) is 9.22. The van der Waals surface area contributed by atoms with Gasteiger partial charge in [-0.25, -0.2) is 9.78 Å². The van der Waals surface area contributed by atoms with Crippen molar-refractivity contribution in [2.75, 3.05) is 18.0 Å². The number of nitrogens with one attached hydrogen (secondary N) is 1. The summed E-state index contributed by atoms with van der Waals surface area (Å²) >= 11 is 0. The zero-order chi connectivity index (χ0) is 28.4. The van der Waals surface area contributed by atoms with E-state index in [0.717, 1.165) is 50.8 Å². The number of allylic oxidation sites excluding steroid dienone is 2. The normalized spacial score (nSPS) is 17.9. The third-order valence-electron chi connectivity index (χ3n) is 7.68. The lowest BCUT2D eigenvalue weighted by Gasteiger charge is -2.36. The Bertz CT molecular complexity index is 1430. The van der Waals surface area contributed by atoms with Crippen molar-refractivity contribution < 1.29 is 19.4 Å². The van der Waals surface area contributed by atoms with Crippen molar-refractivity contribution in [3.05, 3.63) is 70.6 Å². The van der Waals surface area contributed by atoms with Gasteiger partial charge in [0.2, 0.25) is 0 Å². The van der Waals surface area contributed by atoms with Crippen LogP contribution in [0.15, 0.2) is 42.5 Å². The summed E-state index contributed by atoms with van der Waals surface area (Å²) < 4.78 is 7.72. The SMILES string of the molecule is Cc1nc2cc3nn2c(c1C(OC(C)(C)C)C(=O)O)N1CCC(CC=CCCc2ccccc2CNC3=O)CC1. The molecular weight excluding hydrogens is 506 g/mol. The highest BCUT2D eigenvalue weighted by Crippen LogP contribution is 2.37. The fourth-order valence-electron chi connectivity index (χ4n) is 5.69. The van der Waals surface area contributed by atoms with Crippen LogP contribution in [0.25, 0.3) is 5.65 Å². The Morgan fingerprint density at radius 2 is 1.88 bits per heavy atom. The molecule has 2 aromatic heterocycles. The molecular formula is C31H39N5O4. The Hall–Kier alpha value is -3.72. The van der Waals surface area contributed by atoms with Crippen LogP contribution >= 0.6 is 0 Å². The predicted molar refractivity (Wildman–Crippen MR) is 154 cm³/mol. The van der Waals surface area contributed by atoms with Gasteiger partial charge in [0.05, 0.1) is 11.2 Å². The second kappa shape index (κ2) is 11.4. The van der Waals surface area contributed by atoms with Crippen LogP contribution < -0.4 is 10.2 Å². The highest BCUT2D eigenvalue weighted by Gasteiger charge is 2.35. The van der Waals surface area contributed by atoms with E-state index in [1.165, 1.54) is 5.56 Å². The molecule has 3 aliphatic heterocycles. The molecule has 1 atom stereocenters. The van der Waals surface area contributed by atoms with Crippen LogP contribution in [0.3, 0.4) is 0 Å². The molecule has 5 heterocycles. The molecule has 1 saturated heterocycles. The number of hydrogen-bond donors (Lipinski definition) is 2. The van der Waals surface area contributed by atoms with Gasteiger partial charge in [-0.3, -0.25) is 4.79 Å². The average Bonchev–Trinajstić information content (AvgIpc) is 3.33. The lowest BCUT2D eigenvalue weighted by atomic mass is 9.92. The van der Waals surface area contributed by atoms with E-state index in [9.17, 15) is 14.7 Å². The number of carboxylic acid groups (broad SMARTS) is 1. The Morgan fingerprint density at radius 1 is 1.15 bits per heavy atom. The van der Waals surface area contributed by atoms with Gasteiger partial charge < -0.3 is 20.1 Å².